The molecule has 1 fully saturated rings. The van der Waals surface area contributed by atoms with Gasteiger partial charge in [0, 0.05) is 49.5 Å². The van der Waals surface area contributed by atoms with Gasteiger partial charge in [-0.05, 0) is 44.9 Å². The summed E-state index contributed by atoms with van der Waals surface area (Å²) in [5.74, 6) is 1.29. The van der Waals surface area contributed by atoms with Crippen LogP contribution in [0, 0.1) is 13.8 Å². The fourth-order valence-corrected chi connectivity index (χ4v) is 3.84. The molecule has 4 rings (SSSR count). The Bertz CT molecular complexity index is 1070. The van der Waals surface area contributed by atoms with E-state index in [2.05, 4.69) is 25.4 Å². The number of aromatic nitrogens is 5. The van der Waals surface area contributed by atoms with Crippen molar-refractivity contribution in [2.75, 3.05) is 11.9 Å². The first-order chi connectivity index (χ1) is 14.5. The van der Waals surface area contributed by atoms with E-state index in [9.17, 15) is 4.79 Å². The van der Waals surface area contributed by atoms with Crippen molar-refractivity contribution in [2.45, 2.75) is 32.7 Å². The number of anilines is 2. The molecular weight excluding hydrogens is 378 g/mol. The standard InChI is InChI=1S/C22H25N7O/c1-15-17(16(2)28(3)27-15)9-10-20(30)29-14-6-7-18(29)21-22(25-13-12-24-21)26-19-8-4-5-11-23-19/h4-5,8-13,18H,6-7,14H2,1-3H3,(H,23,25,26)/b10-9+. The van der Waals surface area contributed by atoms with Crippen LogP contribution in [-0.2, 0) is 11.8 Å². The Labute approximate surface area is 175 Å². The van der Waals surface area contributed by atoms with Crippen molar-refractivity contribution in [3.8, 4) is 0 Å². The molecular formula is C22H25N7O. The Balaban J connectivity index is 1.57. The molecule has 0 aromatic carbocycles. The Kier molecular flexibility index (Phi) is 5.56. The number of pyridine rings is 1. The number of hydrogen-bond acceptors (Lipinski definition) is 6. The molecule has 8 heteroatoms. The van der Waals surface area contributed by atoms with E-state index < -0.39 is 0 Å². The summed E-state index contributed by atoms with van der Waals surface area (Å²) < 4.78 is 1.83. The molecule has 0 radical (unpaired) electrons. The molecule has 154 valence electrons. The van der Waals surface area contributed by atoms with Gasteiger partial charge in [-0.2, -0.15) is 5.10 Å². The van der Waals surface area contributed by atoms with Crippen LogP contribution < -0.4 is 5.32 Å². The van der Waals surface area contributed by atoms with Gasteiger partial charge in [-0.15, -0.1) is 0 Å². The molecule has 1 aliphatic rings. The molecule has 3 aromatic heterocycles. The van der Waals surface area contributed by atoms with E-state index in [1.165, 1.54) is 0 Å². The molecule has 1 N–H and O–H groups in total. The van der Waals surface area contributed by atoms with E-state index in [1.54, 1.807) is 24.7 Å². The molecule has 0 saturated carbocycles. The fourth-order valence-electron chi connectivity index (χ4n) is 3.84. The fraction of sp³-hybridized carbons (Fsp3) is 0.318. The third-order valence-electron chi connectivity index (χ3n) is 5.45. The third-order valence-corrected chi connectivity index (χ3v) is 5.45. The minimum absolute atomic E-state index is 0.0328. The topological polar surface area (TPSA) is 88.8 Å². The highest BCUT2D eigenvalue weighted by Gasteiger charge is 2.32. The number of rotatable bonds is 5. The van der Waals surface area contributed by atoms with Crippen molar-refractivity contribution >= 4 is 23.6 Å². The van der Waals surface area contributed by atoms with Crippen molar-refractivity contribution in [1.29, 1.82) is 0 Å². The number of nitrogens with zero attached hydrogens (tertiary/aromatic N) is 6. The zero-order valence-corrected chi connectivity index (χ0v) is 17.4. The van der Waals surface area contributed by atoms with Gasteiger partial charge in [-0.1, -0.05) is 6.07 Å². The lowest BCUT2D eigenvalue weighted by Crippen LogP contribution is -2.30. The number of hydrogen-bond donors (Lipinski definition) is 1. The largest absolute Gasteiger partial charge is 0.330 e. The zero-order valence-electron chi connectivity index (χ0n) is 17.4. The second kappa shape index (κ2) is 8.44. The Morgan fingerprint density at radius 2 is 2.00 bits per heavy atom. The van der Waals surface area contributed by atoms with Gasteiger partial charge in [0.2, 0.25) is 5.91 Å². The van der Waals surface area contributed by atoms with E-state index in [1.807, 2.05) is 54.8 Å². The maximum atomic E-state index is 13.0. The SMILES string of the molecule is Cc1nn(C)c(C)c1/C=C/C(=O)N1CCCC1c1nccnc1Nc1ccccn1. The molecule has 8 nitrogen and oxygen atoms in total. The summed E-state index contributed by atoms with van der Waals surface area (Å²) in [6.45, 7) is 4.64. The first-order valence-corrected chi connectivity index (χ1v) is 10.0. The van der Waals surface area contributed by atoms with Crippen LogP contribution in [0.25, 0.3) is 6.08 Å². The first kappa shape index (κ1) is 19.8. The van der Waals surface area contributed by atoms with Gasteiger partial charge in [0.15, 0.2) is 5.82 Å². The van der Waals surface area contributed by atoms with E-state index in [4.69, 9.17) is 0 Å². The average Bonchev–Trinajstić information content (AvgIpc) is 3.33. The van der Waals surface area contributed by atoms with Gasteiger partial charge in [0.1, 0.15) is 11.5 Å². The molecule has 0 bridgehead atoms. The summed E-state index contributed by atoms with van der Waals surface area (Å²) in [6, 6.07) is 5.51. The molecule has 0 spiro atoms. The van der Waals surface area contributed by atoms with Gasteiger partial charge in [-0.25, -0.2) is 9.97 Å². The molecule has 1 amide bonds. The molecule has 0 aliphatic carbocycles. The summed E-state index contributed by atoms with van der Waals surface area (Å²) >= 11 is 0. The molecule has 1 saturated heterocycles. The highest BCUT2D eigenvalue weighted by Crippen LogP contribution is 2.34. The van der Waals surface area contributed by atoms with Crippen molar-refractivity contribution in [3.63, 3.8) is 0 Å². The van der Waals surface area contributed by atoms with Crippen molar-refractivity contribution < 1.29 is 4.79 Å². The number of carbonyl (C=O) groups is 1. The Hall–Kier alpha value is -3.55. The maximum Gasteiger partial charge on any atom is 0.247 e. The summed E-state index contributed by atoms with van der Waals surface area (Å²) in [7, 11) is 1.90. The lowest BCUT2D eigenvalue weighted by Gasteiger charge is -2.24. The summed E-state index contributed by atoms with van der Waals surface area (Å²) in [6.07, 6.45) is 10.3. The first-order valence-electron chi connectivity index (χ1n) is 10.0. The Morgan fingerprint density at radius 1 is 1.17 bits per heavy atom. The summed E-state index contributed by atoms with van der Waals surface area (Å²) in [4.78, 5) is 28.2. The van der Waals surface area contributed by atoms with Crippen LogP contribution in [0.15, 0.2) is 42.9 Å². The summed E-state index contributed by atoms with van der Waals surface area (Å²) in [5, 5.41) is 7.64. The lowest BCUT2D eigenvalue weighted by atomic mass is 10.1. The number of likely N-dealkylation sites (tertiary alicyclic amines) is 1. The predicted molar refractivity (Wildman–Crippen MR) is 115 cm³/mol. The smallest absolute Gasteiger partial charge is 0.247 e. The quantitative estimate of drug-likeness (QED) is 0.657. The van der Waals surface area contributed by atoms with Crippen LogP contribution in [0.2, 0.25) is 0 Å². The van der Waals surface area contributed by atoms with Crippen LogP contribution in [0.4, 0.5) is 11.6 Å². The van der Waals surface area contributed by atoms with Crippen LogP contribution in [0.3, 0.4) is 0 Å². The van der Waals surface area contributed by atoms with E-state index >= 15 is 0 Å². The lowest BCUT2D eigenvalue weighted by molar-refractivity contribution is -0.126. The minimum Gasteiger partial charge on any atom is -0.330 e. The highest BCUT2D eigenvalue weighted by molar-refractivity contribution is 5.92. The normalized spacial score (nSPS) is 16.4. The maximum absolute atomic E-state index is 13.0. The van der Waals surface area contributed by atoms with Gasteiger partial charge < -0.3 is 10.2 Å². The molecule has 4 heterocycles. The van der Waals surface area contributed by atoms with Crippen molar-refractivity contribution in [3.05, 3.63) is 65.5 Å². The van der Waals surface area contributed by atoms with Crippen LogP contribution >= 0.6 is 0 Å². The van der Waals surface area contributed by atoms with E-state index in [0.717, 1.165) is 35.5 Å². The monoisotopic (exact) mass is 403 g/mol. The van der Waals surface area contributed by atoms with Gasteiger partial charge in [-0.3, -0.25) is 14.5 Å². The van der Waals surface area contributed by atoms with E-state index in [-0.39, 0.29) is 11.9 Å². The van der Waals surface area contributed by atoms with Crippen molar-refractivity contribution in [1.82, 2.24) is 29.6 Å². The van der Waals surface area contributed by atoms with Gasteiger partial charge in [0.05, 0.1) is 11.7 Å². The Morgan fingerprint density at radius 3 is 2.73 bits per heavy atom. The second-order valence-electron chi connectivity index (χ2n) is 7.36. The molecule has 1 atom stereocenters. The molecule has 1 aliphatic heterocycles. The number of amides is 1. The van der Waals surface area contributed by atoms with Crippen molar-refractivity contribution in [2.24, 2.45) is 7.05 Å². The summed E-state index contributed by atoms with van der Waals surface area (Å²) in [5.41, 5.74) is 3.69. The number of aryl methyl sites for hydroxylation is 2. The number of carbonyl (C=O) groups excluding carboxylic acids is 1. The molecule has 1 unspecified atom stereocenters. The zero-order chi connectivity index (χ0) is 21.1. The highest BCUT2D eigenvalue weighted by atomic mass is 16.2. The number of nitrogens with one attached hydrogen (secondary N) is 1. The average molecular weight is 403 g/mol. The van der Waals surface area contributed by atoms with E-state index in [0.29, 0.717) is 18.2 Å². The predicted octanol–water partition coefficient (Wildman–Crippen LogP) is 3.34. The second-order valence-corrected chi connectivity index (χ2v) is 7.36. The third kappa shape index (κ3) is 3.94. The molecule has 3 aromatic rings. The van der Waals surface area contributed by atoms with Crippen LogP contribution in [0.5, 0.6) is 0 Å². The van der Waals surface area contributed by atoms with Gasteiger partial charge >= 0.3 is 0 Å². The van der Waals surface area contributed by atoms with Gasteiger partial charge in [0.25, 0.3) is 0 Å². The molecule has 30 heavy (non-hydrogen) atoms. The minimum atomic E-state index is -0.127. The van der Waals surface area contributed by atoms with Crippen LogP contribution in [-0.4, -0.2) is 42.1 Å². The van der Waals surface area contributed by atoms with Crippen LogP contribution in [0.1, 0.15) is 41.5 Å².